The minimum Gasteiger partial charge on any atom is -0.497 e. The molecular formula is C21H25N3O3S2. The number of hydrogen-bond donors (Lipinski definition) is 0. The summed E-state index contributed by atoms with van der Waals surface area (Å²) < 4.78 is 6.87. The van der Waals surface area contributed by atoms with E-state index < -0.39 is 0 Å². The minimum atomic E-state index is -0.0533. The van der Waals surface area contributed by atoms with Crippen LogP contribution >= 0.6 is 23.5 Å². The van der Waals surface area contributed by atoms with E-state index in [0.717, 1.165) is 54.4 Å². The van der Waals surface area contributed by atoms with Gasteiger partial charge in [0.05, 0.1) is 29.1 Å². The van der Waals surface area contributed by atoms with Gasteiger partial charge in [-0.15, -0.1) is 11.8 Å². The lowest BCUT2D eigenvalue weighted by molar-refractivity contribution is -0.129. The summed E-state index contributed by atoms with van der Waals surface area (Å²) in [7, 11) is 1.61. The molecule has 1 saturated heterocycles. The predicted octanol–water partition coefficient (Wildman–Crippen LogP) is 3.38. The highest BCUT2D eigenvalue weighted by molar-refractivity contribution is 8.00. The van der Waals surface area contributed by atoms with Gasteiger partial charge in [0.1, 0.15) is 5.75 Å². The highest BCUT2D eigenvalue weighted by atomic mass is 32.2. The van der Waals surface area contributed by atoms with Crippen LogP contribution in [0, 0.1) is 0 Å². The van der Waals surface area contributed by atoms with E-state index in [9.17, 15) is 9.59 Å². The third-order valence-electron chi connectivity index (χ3n) is 5.25. The molecule has 0 bridgehead atoms. The van der Waals surface area contributed by atoms with E-state index in [0.29, 0.717) is 16.2 Å². The molecule has 1 aromatic heterocycles. The number of amides is 1. The zero-order valence-electron chi connectivity index (χ0n) is 16.7. The standard InChI is InChI=1S/C21H25N3O3S2/c1-14-12-17-19(29-14)20(26)24(15-6-8-16(27-2)9-7-15)21(22-17)28-13-18(25)23-10-4-3-5-11-23/h6-9,14H,3-5,10-13H2,1-2H3. The lowest BCUT2D eigenvalue weighted by Crippen LogP contribution is -2.37. The monoisotopic (exact) mass is 431 g/mol. The molecule has 0 saturated carbocycles. The fraction of sp³-hybridized carbons (Fsp3) is 0.476. The molecule has 2 aliphatic rings. The van der Waals surface area contributed by atoms with Crippen LogP contribution in [0.1, 0.15) is 31.9 Å². The van der Waals surface area contributed by atoms with Gasteiger partial charge >= 0.3 is 0 Å². The summed E-state index contributed by atoms with van der Waals surface area (Å²) >= 11 is 2.94. The Morgan fingerprint density at radius 1 is 1.24 bits per heavy atom. The molecule has 6 nitrogen and oxygen atoms in total. The van der Waals surface area contributed by atoms with Gasteiger partial charge in [0.25, 0.3) is 5.56 Å². The summed E-state index contributed by atoms with van der Waals surface area (Å²) in [5, 5.41) is 0.920. The smallest absolute Gasteiger partial charge is 0.272 e. The van der Waals surface area contributed by atoms with E-state index in [1.165, 1.54) is 18.2 Å². The van der Waals surface area contributed by atoms with Crippen LogP contribution in [0.4, 0.5) is 0 Å². The van der Waals surface area contributed by atoms with Crippen molar-refractivity contribution in [1.29, 1.82) is 0 Å². The molecule has 1 fully saturated rings. The van der Waals surface area contributed by atoms with Crippen molar-refractivity contribution in [2.45, 2.75) is 47.9 Å². The van der Waals surface area contributed by atoms with Gasteiger partial charge < -0.3 is 9.64 Å². The first-order chi connectivity index (χ1) is 14.1. The largest absolute Gasteiger partial charge is 0.497 e. The number of nitrogens with zero attached hydrogens (tertiary/aromatic N) is 3. The zero-order valence-corrected chi connectivity index (χ0v) is 18.4. The second kappa shape index (κ2) is 8.83. The molecule has 0 N–H and O–H groups in total. The normalized spacial score (nSPS) is 18.6. The summed E-state index contributed by atoms with van der Waals surface area (Å²) in [5.41, 5.74) is 1.53. The molecule has 1 aromatic carbocycles. The van der Waals surface area contributed by atoms with Crippen LogP contribution in [0.3, 0.4) is 0 Å². The van der Waals surface area contributed by atoms with Gasteiger partial charge in [0.15, 0.2) is 5.16 Å². The van der Waals surface area contributed by atoms with E-state index in [2.05, 4.69) is 6.92 Å². The Bertz CT molecular complexity index is 953. The molecule has 1 unspecified atom stereocenters. The number of likely N-dealkylation sites (tertiary alicyclic amines) is 1. The van der Waals surface area contributed by atoms with Crippen LogP contribution in [-0.2, 0) is 11.2 Å². The van der Waals surface area contributed by atoms with Gasteiger partial charge in [0.2, 0.25) is 5.91 Å². The van der Waals surface area contributed by atoms with Crippen molar-refractivity contribution in [3.63, 3.8) is 0 Å². The number of fused-ring (bicyclic) bond motifs is 1. The van der Waals surface area contributed by atoms with E-state index in [1.54, 1.807) is 23.4 Å². The Balaban J connectivity index is 1.66. The van der Waals surface area contributed by atoms with Crippen molar-refractivity contribution >= 4 is 29.4 Å². The SMILES string of the molecule is COc1ccc(-n2c(SCC(=O)N3CCCCC3)nc3c(c2=O)SC(C)C3)cc1. The Morgan fingerprint density at radius 3 is 2.66 bits per heavy atom. The molecule has 4 rings (SSSR count). The molecule has 2 aromatic rings. The molecule has 0 spiro atoms. The van der Waals surface area contributed by atoms with Crippen molar-refractivity contribution in [2.75, 3.05) is 26.0 Å². The summed E-state index contributed by atoms with van der Waals surface area (Å²) in [4.78, 5) is 33.4. The van der Waals surface area contributed by atoms with Crippen LogP contribution < -0.4 is 10.3 Å². The Kier molecular flexibility index (Phi) is 6.20. The number of carbonyl (C=O) groups is 1. The number of methoxy groups -OCH3 is 1. The van der Waals surface area contributed by atoms with Gasteiger partial charge in [-0.3, -0.25) is 14.2 Å². The van der Waals surface area contributed by atoms with Crippen LogP contribution in [0.15, 0.2) is 39.1 Å². The molecule has 1 amide bonds. The number of piperidine rings is 1. The maximum absolute atomic E-state index is 13.3. The minimum absolute atomic E-state index is 0.0533. The van der Waals surface area contributed by atoms with Crippen molar-refractivity contribution in [1.82, 2.24) is 14.5 Å². The van der Waals surface area contributed by atoms with Crippen molar-refractivity contribution in [2.24, 2.45) is 0 Å². The first-order valence-electron chi connectivity index (χ1n) is 9.94. The predicted molar refractivity (Wildman–Crippen MR) is 117 cm³/mol. The summed E-state index contributed by atoms with van der Waals surface area (Å²) in [5.74, 6) is 1.14. The molecule has 1 atom stereocenters. The quantitative estimate of drug-likeness (QED) is 0.534. The lowest BCUT2D eigenvalue weighted by Gasteiger charge is -2.26. The Hall–Kier alpha value is -1.93. The molecule has 8 heteroatoms. The van der Waals surface area contributed by atoms with Gasteiger partial charge in [-0.25, -0.2) is 4.98 Å². The molecular weight excluding hydrogens is 406 g/mol. The van der Waals surface area contributed by atoms with Crippen LogP contribution in [0.25, 0.3) is 5.69 Å². The third-order valence-corrected chi connectivity index (χ3v) is 7.38. The average Bonchev–Trinajstić information content (AvgIpc) is 3.13. The number of hydrogen-bond acceptors (Lipinski definition) is 6. The lowest BCUT2D eigenvalue weighted by atomic mass is 10.1. The number of ether oxygens (including phenoxy) is 1. The van der Waals surface area contributed by atoms with Crippen molar-refractivity contribution in [3.05, 3.63) is 40.3 Å². The number of carbonyl (C=O) groups excluding carboxylic acids is 1. The number of thioether (sulfide) groups is 2. The molecule has 3 heterocycles. The molecule has 154 valence electrons. The van der Waals surface area contributed by atoms with Crippen molar-refractivity contribution < 1.29 is 9.53 Å². The first-order valence-corrected chi connectivity index (χ1v) is 11.8. The fourth-order valence-electron chi connectivity index (χ4n) is 3.72. The summed E-state index contributed by atoms with van der Waals surface area (Å²) in [6, 6.07) is 7.37. The third kappa shape index (κ3) is 4.33. The molecule has 0 aliphatic carbocycles. The first kappa shape index (κ1) is 20.3. The maximum Gasteiger partial charge on any atom is 0.272 e. The highest BCUT2D eigenvalue weighted by Crippen LogP contribution is 2.35. The Morgan fingerprint density at radius 2 is 1.97 bits per heavy atom. The summed E-state index contributed by atoms with van der Waals surface area (Å²) in [6.07, 6.45) is 4.11. The summed E-state index contributed by atoms with van der Waals surface area (Å²) in [6.45, 7) is 3.77. The van der Waals surface area contributed by atoms with E-state index in [1.807, 2.05) is 29.2 Å². The topological polar surface area (TPSA) is 64.4 Å². The van der Waals surface area contributed by atoms with E-state index in [4.69, 9.17) is 9.72 Å². The highest BCUT2D eigenvalue weighted by Gasteiger charge is 2.27. The van der Waals surface area contributed by atoms with E-state index >= 15 is 0 Å². The number of benzene rings is 1. The second-order valence-corrected chi connectivity index (χ2v) is 9.76. The van der Waals surface area contributed by atoms with Gasteiger partial charge in [-0.1, -0.05) is 18.7 Å². The van der Waals surface area contributed by atoms with Gasteiger partial charge in [0, 0.05) is 24.8 Å². The number of rotatable bonds is 5. The molecule has 2 aliphatic heterocycles. The van der Waals surface area contributed by atoms with Gasteiger partial charge in [-0.05, 0) is 43.5 Å². The van der Waals surface area contributed by atoms with E-state index in [-0.39, 0.29) is 11.5 Å². The molecule has 29 heavy (non-hydrogen) atoms. The number of aromatic nitrogens is 2. The average molecular weight is 432 g/mol. The van der Waals surface area contributed by atoms with Crippen LogP contribution in [-0.4, -0.2) is 51.6 Å². The zero-order chi connectivity index (χ0) is 20.4. The maximum atomic E-state index is 13.3. The second-order valence-electron chi connectivity index (χ2n) is 7.37. The van der Waals surface area contributed by atoms with Gasteiger partial charge in [-0.2, -0.15) is 0 Å². The van der Waals surface area contributed by atoms with Crippen LogP contribution in [0.2, 0.25) is 0 Å². The fourth-order valence-corrected chi connectivity index (χ4v) is 5.74. The van der Waals surface area contributed by atoms with Crippen LogP contribution in [0.5, 0.6) is 5.75 Å². The molecule has 0 radical (unpaired) electrons. The van der Waals surface area contributed by atoms with Crippen molar-refractivity contribution in [3.8, 4) is 11.4 Å². The Labute approximate surface area is 179 Å².